The normalized spacial score (nSPS) is 28.9. The average molecular weight is 299 g/mol. The zero-order valence-corrected chi connectivity index (χ0v) is 12.9. The fraction of sp³-hybridized carbons (Fsp3) is 0.846. The van der Waals surface area contributed by atoms with Gasteiger partial charge in [0.2, 0.25) is 5.89 Å². The Morgan fingerprint density at radius 2 is 2.05 bits per heavy atom. The monoisotopic (exact) mass is 299 g/mol. The fourth-order valence-corrected chi connectivity index (χ4v) is 5.41. The number of nitrogens with one attached hydrogen (secondary N) is 1. The van der Waals surface area contributed by atoms with Gasteiger partial charge in [-0.1, -0.05) is 24.9 Å². The highest BCUT2D eigenvalue weighted by atomic mass is 32.2. The Hall–Kier alpha value is -0.200. The molecule has 4 nitrogen and oxygen atoms in total. The molecule has 6 heteroatoms. The van der Waals surface area contributed by atoms with Crippen LogP contribution < -0.4 is 5.32 Å². The van der Waals surface area contributed by atoms with Crippen molar-refractivity contribution < 1.29 is 4.52 Å². The van der Waals surface area contributed by atoms with Crippen LogP contribution in [-0.4, -0.2) is 32.9 Å². The van der Waals surface area contributed by atoms with Gasteiger partial charge in [-0.15, -0.1) is 11.8 Å². The molecule has 2 fully saturated rings. The highest BCUT2D eigenvalue weighted by Gasteiger charge is 2.28. The van der Waals surface area contributed by atoms with Crippen molar-refractivity contribution in [2.45, 2.75) is 55.7 Å². The Balaban J connectivity index is 1.56. The summed E-state index contributed by atoms with van der Waals surface area (Å²) in [6, 6.07) is 0.647. The van der Waals surface area contributed by atoms with Gasteiger partial charge >= 0.3 is 0 Å². The van der Waals surface area contributed by atoms with Gasteiger partial charge in [-0.2, -0.15) is 16.7 Å². The number of hydrogen-bond donors (Lipinski definition) is 1. The van der Waals surface area contributed by atoms with Gasteiger partial charge in [0.05, 0.1) is 11.8 Å². The molecule has 1 aromatic heterocycles. The van der Waals surface area contributed by atoms with Gasteiger partial charge < -0.3 is 9.84 Å². The predicted molar refractivity (Wildman–Crippen MR) is 80.5 cm³/mol. The first-order valence-electron chi connectivity index (χ1n) is 7.12. The summed E-state index contributed by atoms with van der Waals surface area (Å²) in [6.07, 6.45) is 5.26. The first kappa shape index (κ1) is 13.8. The lowest BCUT2D eigenvalue weighted by molar-refractivity contribution is 0.353. The molecule has 2 unspecified atom stereocenters. The molecule has 0 spiro atoms. The Morgan fingerprint density at radius 1 is 1.26 bits per heavy atom. The SMILES string of the molecule is CC1SCCSC1c1noc(CNC2CCCC2)n1. The van der Waals surface area contributed by atoms with Crippen LogP contribution in [0.1, 0.15) is 49.6 Å². The molecule has 0 aromatic carbocycles. The van der Waals surface area contributed by atoms with Crippen molar-refractivity contribution in [3.05, 3.63) is 11.7 Å². The molecule has 2 aliphatic rings. The third-order valence-electron chi connectivity index (χ3n) is 3.82. The number of thioether (sulfide) groups is 2. The summed E-state index contributed by atoms with van der Waals surface area (Å²) in [5, 5.41) is 8.66. The number of aromatic nitrogens is 2. The van der Waals surface area contributed by atoms with Crippen LogP contribution in [0.4, 0.5) is 0 Å². The van der Waals surface area contributed by atoms with E-state index in [1.165, 1.54) is 37.2 Å². The molecule has 19 heavy (non-hydrogen) atoms. The van der Waals surface area contributed by atoms with Crippen LogP contribution in [0, 0.1) is 0 Å². The lowest BCUT2D eigenvalue weighted by Crippen LogP contribution is -2.25. The highest BCUT2D eigenvalue weighted by molar-refractivity contribution is 8.06. The maximum atomic E-state index is 5.38. The molecule has 1 aromatic rings. The van der Waals surface area contributed by atoms with Gasteiger partial charge in [0.1, 0.15) is 0 Å². The molecule has 0 radical (unpaired) electrons. The molecule has 1 saturated carbocycles. The second kappa shape index (κ2) is 6.50. The van der Waals surface area contributed by atoms with Crippen molar-refractivity contribution >= 4 is 23.5 Å². The van der Waals surface area contributed by atoms with Crippen LogP contribution in [0.2, 0.25) is 0 Å². The van der Waals surface area contributed by atoms with Crippen molar-refractivity contribution in [3.8, 4) is 0 Å². The van der Waals surface area contributed by atoms with Crippen molar-refractivity contribution in [2.24, 2.45) is 0 Å². The molecule has 106 valence electrons. The van der Waals surface area contributed by atoms with Crippen LogP contribution in [0.25, 0.3) is 0 Å². The van der Waals surface area contributed by atoms with Crippen molar-refractivity contribution in [1.82, 2.24) is 15.5 Å². The molecule has 3 rings (SSSR count). The van der Waals surface area contributed by atoms with E-state index in [-0.39, 0.29) is 0 Å². The quantitative estimate of drug-likeness (QED) is 0.922. The Labute approximate surface area is 122 Å². The molecule has 0 bridgehead atoms. The lowest BCUT2D eigenvalue weighted by Gasteiger charge is -2.24. The van der Waals surface area contributed by atoms with Crippen LogP contribution in [0.5, 0.6) is 0 Å². The Kier molecular flexibility index (Phi) is 4.71. The van der Waals surface area contributed by atoms with Crippen LogP contribution in [0.3, 0.4) is 0 Å². The zero-order valence-electron chi connectivity index (χ0n) is 11.3. The maximum Gasteiger partial charge on any atom is 0.240 e. The first-order valence-corrected chi connectivity index (χ1v) is 9.22. The molecule has 1 aliphatic carbocycles. The van der Waals surface area contributed by atoms with Gasteiger partial charge in [0.15, 0.2) is 5.82 Å². The molecule has 2 heterocycles. The Bertz CT molecular complexity index is 406. The second-order valence-electron chi connectivity index (χ2n) is 5.28. The van der Waals surface area contributed by atoms with E-state index >= 15 is 0 Å². The molecular weight excluding hydrogens is 278 g/mol. The van der Waals surface area contributed by atoms with E-state index in [0.29, 0.717) is 16.5 Å². The van der Waals surface area contributed by atoms with E-state index in [4.69, 9.17) is 4.52 Å². The average Bonchev–Trinajstić information content (AvgIpc) is 3.08. The van der Waals surface area contributed by atoms with Crippen molar-refractivity contribution in [3.63, 3.8) is 0 Å². The molecule has 1 N–H and O–H groups in total. The maximum absolute atomic E-state index is 5.38. The van der Waals surface area contributed by atoms with E-state index in [1.807, 2.05) is 23.5 Å². The molecule has 0 amide bonds. The third kappa shape index (κ3) is 3.47. The highest BCUT2D eigenvalue weighted by Crippen LogP contribution is 2.41. The van der Waals surface area contributed by atoms with Gasteiger partial charge in [0.25, 0.3) is 0 Å². The summed E-state index contributed by atoms with van der Waals surface area (Å²) in [4.78, 5) is 4.57. The number of nitrogens with zero attached hydrogens (tertiary/aromatic N) is 2. The minimum absolute atomic E-state index is 0.391. The van der Waals surface area contributed by atoms with Gasteiger partial charge in [-0.3, -0.25) is 0 Å². The van der Waals surface area contributed by atoms with Gasteiger partial charge in [-0.25, -0.2) is 0 Å². The summed E-state index contributed by atoms with van der Waals surface area (Å²) >= 11 is 3.96. The first-order chi connectivity index (χ1) is 9.33. The summed E-state index contributed by atoms with van der Waals surface area (Å²) in [7, 11) is 0. The zero-order chi connectivity index (χ0) is 13.1. The van der Waals surface area contributed by atoms with E-state index in [1.54, 1.807) is 0 Å². The number of rotatable bonds is 4. The van der Waals surface area contributed by atoms with Crippen LogP contribution >= 0.6 is 23.5 Å². The van der Waals surface area contributed by atoms with Crippen LogP contribution in [0.15, 0.2) is 4.52 Å². The smallest absolute Gasteiger partial charge is 0.240 e. The molecular formula is C13H21N3OS2. The second-order valence-corrected chi connectivity index (χ2v) is 8.01. The third-order valence-corrected chi connectivity index (χ3v) is 6.91. The predicted octanol–water partition coefficient (Wildman–Crippen LogP) is 3.01. The topological polar surface area (TPSA) is 51.0 Å². The van der Waals surface area contributed by atoms with Gasteiger partial charge in [0, 0.05) is 22.8 Å². The Morgan fingerprint density at radius 3 is 2.84 bits per heavy atom. The molecule has 1 saturated heterocycles. The minimum atomic E-state index is 0.391. The largest absolute Gasteiger partial charge is 0.338 e. The van der Waals surface area contributed by atoms with Gasteiger partial charge in [-0.05, 0) is 12.8 Å². The summed E-state index contributed by atoms with van der Waals surface area (Å²) < 4.78 is 5.38. The van der Waals surface area contributed by atoms with E-state index in [9.17, 15) is 0 Å². The van der Waals surface area contributed by atoms with Crippen molar-refractivity contribution in [2.75, 3.05) is 11.5 Å². The summed E-state index contributed by atoms with van der Waals surface area (Å²) in [6.45, 7) is 2.98. The van der Waals surface area contributed by atoms with E-state index in [2.05, 4.69) is 22.4 Å². The summed E-state index contributed by atoms with van der Waals surface area (Å²) in [5.74, 6) is 4.04. The minimum Gasteiger partial charge on any atom is -0.338 e. The summed E-state index contributed by atoms with van der Waals surface area (Å²) in [5.41, 5.74) is 0. The van der Waals surface area contributed by atoms with Crippen molar-refractivity contribution in [1.29, 1.82) is 0 Å². The van der Waals surface area contributed by atoms with E-state index < -0.39 is 0 Å². The lowest BCUT2D eigenvalue weighted by atomic mass is 10.2. The molecule has 2 atom stereocenters. The standard InChI is InChI=1S/C13H21N3OS2/c1-9-12(19-7-6-18-9)13-15-11(17-16-13)8-14-10-4-2-3-5-10/h9-10,12,14H,2-8H2,1H3. The van der Waals surface area contributed by atoms with E-state index in [0.717, 1.165) is 18.3 Å². The molecule has 1 aliphatic heterocycles. The van der Waals surface area contributed by atoms with Crippen LogP contribution in [-0.2, 0) is 6.54 Å². The fourth-order valence-electron chi connectivity index (χ4n) is 2.73. The number of hydrogen-bond acceptors (Lipinski definition) is 6.